The van der Waals surface area contributed by atoms with Gasteiger partial charge in [-0.1, -0.05) is 65.3 Å². The van der Waals surface area contributed by atoms with E-state index in [2.05, 4.69) is 54.2 Å². The second-order valence-electron chi connectivity index (χ2n) is 13.6. The van der Waals surface area contributed by atoms with Crippen LogP contribution in [0.1, 0.15) is 112 Å². The molecule has 9 atom stereocenters. The lowest BCUT2D eigenvalue weighted by Crippen LogP contribution is -2.50. The molecule has 0 bridgehead atoms. The van der Waals surface area contributed by atoms with Crippen LogP contribution < -0.4 is 0 Å². The summed E-state index contributed by atoms with van der Waals surface area (Å²) in [5.41, 5.74) is 4.02. The summed E-state index contributed by atoms with van der Waals surface area (Å²) in [5.74, 6) is 5.81. The molecule has 182 valence electrons. The Hall–Kier alpha value is -0.560. The molecule has 1 unspecified atom stereocenters. The molecule has 1 nitrogen and oxygen atoms in total. The molecular formula is C31H52O. The summed E-state index contributed by atoms with van der Waals surface area (Å²) >= 11 is 0. The van der Waals surface area contributed by atoms with Gasteiger partial charge in [0.2, 0.25) is 0 Å². The van der Waals surface area contributed by atoms with Crippen LogP contribution in [0.2, 0.25) is 0 Å². The van der Waals surface area contributed by atoms with Gasteiger partial charge in [0.1, 0.15) is 0 Å². The molecule has 4 rings (SSSR count). The Bertz CT molecular complexity index is 718. The number of rotatable bonds is 7. The lowest BCUT2D eigenvalue weighted by molar-refractivity contribution is -0.0571. The quantitative estimate of drug-likeness (QED) is 0.393. The van der Waals surface area contributed by atoms with E-state index >= 15 is 0 Å². The second kappa shape index (κ2) is 9.24. The van der Waals surface area contributed by atoms with Crippen molar-refractivity contribution in [1.82, 2.24) is 0 Å². The summed E-state index contributed by atoms with van der Waals surface area (Å²) in [4.78, 5) is 0. The number of hydrogen-bond acceptors (Lipinski definition) is 1. The zero-order valence-corrected chi connectivity index (χ0v) is 22.1. The van der Waals surface area contributed by atoms with E-state index in [9.17, 15) is 5.11 Å². The van der Waals surface area contributed by atoms with E-state index in [-0.39, 0.29) is 6.10 Å². The molecule has 0 aromatic heterocycles. The van der Waals surface area contributed by atoms with Gasteiger partial charge in [0.05, 0.1) is 6.10 Å². The normalized spacial score (nSPS) is 43.1. The molecular weight excluding hydrogens is 388 g/mol. The first kappa shape index (κ1) is 24.6. The minimum Gasteiger partial charge on any atom is -0.393 e. The van der Waals surface area contributed by atoms with Crippen molar-refractivity contribution in [2.45, 2.75) is 118 Å². The van der Waals surface area contributed by atoms with Crippen LogP contribution in [0.25, 0.3) is 0 Å². The number of hydrogen-bond donors (Lipinski definition) is 1. The largest absolute Gasteiger partial charge is 0.393 e. The Labute approximate surface area is 199 Å². The van der Waals surface area contributed by atoms with E-state index in [4.69, 9.17) is 0 Å². The predicted molar refractivity (Wildman–Crippen MR) is 137 cm³/mol. The molecule has 0 heterocycles. The van der Waals surface area contributed by atoms with Gasteiger partial charge >= 0.3 is 0 Å². The average molecular weight is 441 g/mol. The van der Waals surface area contributed by atoms with Gasteiger partial charge in [0.15, 0.2) is 0 Å². The number of aliphatic hydroxyl groups excluding tert-OH is 1. The lowest BCUT2D eigenvalue weighted by Gasteiger charge is -2.58. The van der Waals surface area contributed by atoms with Crippen LogP contribution >= 0.6 is 0 Å². The van der Waals surface area contributed by atoms with E-state index in [0.717, 1.165) is 48.3 Å². The van der Waals surface area contributed by atoms with Gasteiger partial charge in [-0.15, -0.1) is 0 Å². The van der Waals surface area contributed by atoms with Crippen molar-refractivity contribution in [1.29, 1.82) is 0 Å². The van der Waals surface area contributed by atoms with Crippen molar-refractivity contribution in [3.63, 3.8) is 0 Å². The van der Waals surface area contributed by atoms with E-state index in [1.165, 1.54) is 63.4 Å². The zero-order chi connectivity index (χ0) is 23.3. The zero-order valence-electron chi connectivity index (χ0n) is 22.1. The molecule has 0 amide bonds. The number of fused-ring (bicyclic) bond motifs is 5. The van der Waals surface area contributed by atoms with Gasteiger partial charge in [-0.25, -0.2) is 0 Å². The monoisotopic (exact) mass is 440 g/mol. The molecule has 32 heavy (non-hydrogen) atoms. The predicted octanol–water partition coefficient (Wildman–Crippen LogP) is 8.58. The Morgan fingerprint density at radius 1 is 1.06 bits per heavy atom. The maximum atomic E-state index is 10.3. The van der Waals surface area contributed by atoms with Crippen LogP contribution in [0.3, 0.4) is 0 Å². The van der Waals surface area contributed by atoms with Crippen molar-refractivity contribution < 1.29 is 5.11 Å². The minimum atomic E-state index is -0.0885. The third-order valence-corrected chi connectivity index (χ3v) is 11.3. The third-order valence-electron chi connectivity index (χ3n) is 11.3. The summed E-state index contributed by atoms with van der Waals surface area (Å²) in [6, 6.07) is 0. The molecule has 0 saturated heterocycles. The molecule has 1 N–H and O–H groups in total. The Kier molecular flexibility index (Phi) is 7.09. The fourth-order valence-corrected chi connectivity index (χ4v) is 9.35. The average Bonchev–Trinajstić information content (AvgIpc) is 3.09. The van der Waals surface area contributed by atoms with Crippen molar-refractivity contribution in [2.75, 3.05) is 0 Å². The van der Waals surface area contributed by atoms with Crippen LogP contribution in [0, 0.1) is 52.3 Å². The Balaban J connectivity index is 1.42. The maximum absolute atomic E-state index is 10.3. The van der Waals surface area contributed by atoms with Crippen LogP contribution in [0.5, 0.6) is 0 Å². The lowest BCUT2D eigenvalue weighted by atomic mass is 9.47. The summed E-state index contributed by atoms with van der Waals surface area (Å²) in [6.45, 7) is 19.3. The fourth-order valence-electron chi connectivity index (χ4n) is 9.35. The smallest absolute Gasteiger partial charge is 0.0577 e. The molecule has 3 fully saturated rings. The van der Waals surface area contributed by atoms with Crippen LogP contribution in [0.15, 0.2) is 23.8 Å². The van der Waals surface area contributed by atoms with E-state index in [1.807, 2.05) is 0 Å². The molecule has 0 aromatic carbocycles. The molecule has 0 spiro atoms. The van der Waals surface area contributed by atoms with E-state index < -0.39 is 0 Å². The van der Waals surface area contributed by atoms with Crippen molar-refractivity contribution in [2.24, 2.45) is 52.3 Å². The van der Waals surface area contributed by atoms with Crippen LogP contribution in [-0.4, -0.2) is 11.2 Å². The third kappa shape index (κ3) is 4.30. The summed E-state index contributed by atoms with van der Waals surface area (Å²) in [7, 11) is 0. The van der Waals surface area contributed by atoms with Gasteiger partial charge in [0, 0.05) is 0 Å². The first-order valence-corrected chi connectivity index (χ1v) is 14.1. The second-order valence-corrected chi connectivity index (χ2v) is 13.6. The Morgan fingerprint density at radius 2 is 1.81 bits per heavy atom. The number of aliphatic hydroxyl groups is 1. The van der Waals surface area contributed by atoms with Gasteiger partial charge in [-0.3, -0.25) is 0 Å². The molecule has 3 saturated carbocycles. The molecule has 0 aliphatic heterocycles. The molecule has 1 heteroatoms. The van der Waals surface area contributed by atoms with Gasteiger partial charge in [-0.2, -0.15) is 0 Å². The van der Waals surface area contributed by atoms with Gasteiger partial charge in [-0.05, 0) is 123 Å². The summed E-state index contributed by atoms with van der Waals surface area (Å²) in [6.07, 6.45) is 16.6. The SMILES string of the molecule is C=C(CC[C@@H](C)[C@H]1CC[C@H]2[C@@H]3CC=C4C[C@@H](O)CC[C@]4(C)[C@H]3CC[C@]12C)C(C)CC(C)C. The highest BCUT2D eigenvalue weighted by Gasteiger charge is 2.59. The van der Waals surface area contributed by atoms with Gasteiger partial charge in [0.25, 0.3) is 0 Å². The standard InChI is InChI=1S/C31H52O/c1-20(2)18-23(5)21(3)8-9-22(4)27-12-13-28-26-11-10-24-19-25(32)14-16-30(24,6)29(26)15-17-31(27,28)7/h10,20,22-23,25-29,32H,3,8-9,11-19H2,1-2,4-7H3/t22-,23?,25+,26+,27-,28+,29+,30+,31-/m1/s1. The highest BCUT2D eigenvalue weighted by Crippen LogP contribution is 2.67. The first-order chi connectivity index (χ1) is 15.1. The molecule has 4 aliphatic carbocycles. The maximum Gasteiger partial charge on any atom is 0.0577 e. The van der Waals surface area contributed by atoms with Gasteiger partial charge < -0.3 is 5.11 Å². The minimum absolute atomic E-state index is 0.0885. The van der Waals surface area contributed by atoms with Crippen LogP contribution in [0.4, 0.5) is 0 Å². The van der Waals surface area contributed by atoms with Crippen LogP contribution in [-0.2, 0) is 0 Å². The molecule has 0 radical (unpaired) electrons. The highest BCUT2D eigenvalue weighted by atomic mass is 16.3. The van der Waals surface area contributed by atoms with E-state index in [0.29, 0.717) is 16.7 Å². The Morgan fingerprint density at radius 3 is 2.53 bits per heavy atom. The summed E-state index contributed by atoms with van der Waals surface area (Å²) in [5, 5.41) is 10.3. The molecule has 4 aliphatic rings. The fraction of sp³-hybridized carbons (Fsp3) is 0.871. The number of allylic oxidation sites excluding steroid dienone is 2. The van der Waals surface area contributed by atoms with Crippen molar-refractivity contribution in [3.8, 4) is 0 Å². The van der Waals surface area contributed by atoms with Crippen molar-refractivity contribution >= 4 is 0 Å². The topological polar surface area (TPSA) is 20.2 Å². The highest BCUT2D eigenvalue weighted by molar-refractivity contribution is 5.25. The van der Waals surface area contributed by atoms with E-state index in [1.54, 1.807) is 5.57 Å². The summed E-state index contributed by atoms with van der Waals surface area (Å²) < 4.78 is 0. The molecule has 0 aromatic rings. The first-order valence-electron chi connectivity index (χ1n) is 14.1. The van der Waals surface area contributed by atoms with Crippen molar-refractivity contribution in [3.05, 3.63) is 23.8 Å².